The number of benzene rings is 1. The van der Waals surface area contributed by atoms with Crippen molar-refractivity contribution in [3.63, 3.8) is 0 Å². The predicted molar refractivity (Wildman–Crippen MR) is 83.0 cm³/mol. The van der Waals surface area contributed by atoms with Crippen molar-refractivity contribution in [3.8, 4) is 0 Å². The first-order valence-corrected chi connectivity index (χ1v) is 7.28. The van der Waals surface area contributed by atoms with E-state index in [0.717, 1.165) is 16.0 Å². The lowest BCUT2D eigenvalue weighted by Crippen LogP contribution is -2.31. The van der Waals surface area contributed by atoms with Crippen molar-refractivity contribution < 1.29 is 4.79 Å². The molecule has 0 saturated carbocycles. The van der Waals surface area contributed by atoms with Gasteiger partial charge in [-0.3, -0.25) is 4.79 Å². The highest BCUT2D eigenvalue weighted by atomic mass is 32.1. The van der Waals surface area contributed by atoms with Crippen LogP contribution in [0.25, 0.3) is 10.1 Å². The summed E-state index contributed by atoms with van der Waals surface area (Å²) in [5.41, 5.74) is 2.10. The lowest BCUT2D eigenvalue weighted by Gasteiger charge is -2.20. The van der Waals surface area contributed by atoms with Crippen LogP contribution in [0.4, 0.5) is 0 Å². The van der Waals surface area contributed by atoms with Crippen LogP contribution in [0.15, 0.2) is 36.4 Å². The third-order valence-electron chi connectivity index (χ3n) is 3.17. The van der Waals surface area contributed by atoms with Crippen LogP contribution in [0.5, 0.6) is 0 Å². The fourth-order valence-corrected chi connectivity index (χ4v) is 3.35. The molecular formula is C16H19NOS. The molecule has 19 heavy (non-hydrogen) atoms. The zero-order valence-electron chi connectivity index (χ0n) is 11.7. The highest BCUT2D eigenvalue weighted by Gasteiger charge is 2.20. The van der Waals surface area contributed by atoms with Gasteiger partial charge >= 0.3 is 0 Å². The SMILES string of the molecule is C=C(C)CN(CC)C(=O)c1sc2ccccc2c1C. The van der Waals surface area contributed by atoms with Crippen molar-refractivity contribution in [3.05, 3.63) is 46.9 Å². The average molecular weight is 273 g/mol. The summed E-state index contributed by atoms with van der Waals surface area (Å²) >= 11 is 1.58. The summed E-state index contributed by atoms with van der Waals surface area (Å²) in [6.45, 7) is 11.2. The fraction of sp³-hybridized carbons (Fsp3) is 0.312. The van der Waals surface area contributed by atoms with E-state index in [4.69, 9.17) is 0 Å². The van der Waals surface area contributed by atoms with Gasteiger partial charge in [-0.25, -0.2) is 0 Å². The minimum atomic E-state index is 0.115. The molecule has 0 fully saturated rings. The number of rotatable bonds is 4. The first-order chi connectivity index (χ1) is 9.04. The third-order valence-corrected chi connectivity index (χ3v) is 4.43. The molecule has 0 aliphatic rings. The Kier molecular flexibility index (Phi) is 4.05. The lowest BCUT2D eigenvalue weighted by atomic mass is 10.1. The maximum atomic E-state index is 12.6. The minimum absolute atomic E-state index is 0.115. The van der Waals surface area contributed by atoms with Gasteiger partial charge in [-0.1, -0.05) is 30.4 Å². The summed E-state index contributed by atoms with van der Waals surface area (Å²) in [5.74, 6) is 0.115. The zero-order valence-corrected chi connectivity index (χ0v) is 12.5. The first kappa shape index (κ1) is 13.8. The lowest BCUT2D eigenvalue weighted by molar-refractivity contribution is 0.0782. The summed E-state index contributed by atoms with van der Waals surface area (Å²) in [5, 5.41) is 1.18. The molecule has 2 rings (SSSR count). The van der Waals surface area contributed by atoms with E-state index in [1.807, 2.05) is 37.8 Å². The molecule has 1 aromatic carbocycles. The monoisotopic (exact) mass is 273 g/mol. The number of carbonyl (C=O) groups excluding carboxylic acids is 1. The first-order valence-electron chi connectivity index (χ1n) is 6.46. The number of hydrogen-bond donors (Lipinski definition) is 0. The van der Waals surface area contributed by atoms with Crippen LogP contribution in [0.2, 0.25) is 0 Å². The number of amides is 1. The van der Waals surface area contributed by atoms with Gasteiger partial charge < -0.3 is 4.90 Å². The van der Waals surface area contributed by atoms with Crippen LogP contribution in [-0.4, -0.2) is 23.9 Å². The van der Waals surface area contributed by atoms with Gasteiger partial charge in [0.25, 0.3) is 5.91 Å². The van der Waals surface area contributed by atoms with E-state index >= 15 is 0 Å². The number of nitrogens with zero attached hydrogens (tertiary/aromatic N) is 1. The maximum absolute atomic E-state index is 12.6. The minimum Gasteiger partial charge on any atom is -0.334 e. The number of likely N-dealkylation sites (N-methyl/N-ethyl adjacent to an activating group) is 1. The molecule has 100 valence electrons. The van der Waals surface area contributed by atoms with E-state index in [1.54, 1.807) is 11.3 Å². The van der Waals surface area contributed by atoms with E-state index in [0.29, 0.717) is 13.1 Å². The summed E-state index contributed by atoms with van der Waals surface area (Å²) in [6, 6.07) is 8.17. The number of fused-ring (bicyclic) bond motifs is 1. The van der Waals surface area contributed by atoms with E-state index in [1.165, 1.54) is 10.1 Å². The van der Waals surface area contributed by atoms with Crippen LogP contribution in [0, 0.1) is 6.92 Å². The van der Waals surface area contributed by atoms with Crippen molar-refractivity contribution in [2.45, 2.75) is 20.8 Å². The molecule has 0 bridgehead atoms. The fourth-order valence-electron chi connectivity index (χ4n) is 2.17. The van der Waals surface area contributed by atoms with Gasteiger partial charge in [-0.2, -0.15) is 0 Å². The van der Waals surface area contributed by atoms with Gasteiger partial charge in [-0.15, -0.1) is 11.3 Å². The summed E-state index contributed by atoms with van der Waals surface area (Å²) in [7, 11) is 0. The standard InChI is InChI=1S/C16H19NOS/c1-5-17(10-11(2)3)16(18)15-12(4)13-8-6-7-9-14(13)19-15/h6-9H,2,5,10H2,1,3-4H3. The second kappa shape index (κ2) is 5.57. The van der Waals surface area contributed by atoms with Crippen molar-refractivity contribution in [2.24, 2.45) is 0 Å². The van der Waals surface area contributed by atoms with E-state index in [9.17, 15) is 4.79 Å². The van der Waals surface area contributed by atoms with Crippen LogP contribution in [-0.2, 0) is 0 Å². The maximum Gasteiger partial charge on any atom is 0.264 e. The zero-order chi connectivity index (χ0) is 14.0. The van der Waals surface area contributed by atoms with Crippen LogP contribution >= 0.6 is 11.3 Å². The molecule has 0 aliphatic heterocycles. The Balaban J connectivity index is 2.40. The van der Waals surface area contributed by atoms with Crippen LogP contribution in [0.1, 0.15) is 29.1 Å². The number of thiophene rings is 1. The predicted octanol–water partition coefficient (Wildman–Crippen LogP) is 4.25. The summed E-state index contributed by atoms with van der Waals surface area (Å²) in [4.78, 5) is 15.3. The van der Waals surface area contributed by atoms with Gasteiger partial charge in [0, 0.05) is 17.8 Å². The molecule has 0 saturated heterocycles. The second-order valence-electron chi connectivity index (χ2n) is 4.83. The Bertz CT molecular complexity index is 627. The number of hydrogen-bond acceptors (Lipinski definition) is 2. The molecule has 1 heterocycles. The molecule has 1 aromatic heterocycles. The Hall–Kier alpha value is -1.61. The van der Waals surface area contributed by atoms with Crippen molar-refractivity contribution in [1.82, 2.24) is 4.90 Å². The summed E-state index contributed by atoms with van der Waals surface area (Å²) < 4.78 is 1.18. The highest BCUT2D eigenvalue weighted by Crippen LogP contribution is 2.31. The van der Waals surface area contributed by atoms with Gasteiger partial charge in [0.2, 0.25) is 0 Å². The molecule has 0 N–H and O–H groups in total. The molecule has 2 aromatic rings. The molecule has 0 spiro atoms. The quantitative estimate of drug-likeness (QED) is 0.763. The number of aryl methyl sites for hydroxylation is 1. The number of carbonyl (C=O) groups is 1. The molecular weight excluding hydrogens is 254 g/mol. The normalized spacial score (nSPS) is 10.7. The van der Waals surface area contributed by atoms with Crippen molar-refractivity contribution in [1.29, 1.82) is 0 Å². The topological polar surface area (TPSA) is 20.3 Å². The van der Waals surface area contributed by atoms with Gasteiger partial charge in [0.05, 0.1) is 4.88 Å². The Labute approximate surface area is 118 Å². The smallest absolute Gasteiger partial charge is 0.264 e. The molecule has 0 unspecified atom stereocenters. The van der Waals surface area contributed by atoms with Gasteiger partial charge in [0.1, 0.15) is 0 Å². The van der Waals surface area contributed by atoms with Crippen molar-refractivity contribution >= 4 is 27.3 Å². The van der Waals surface area contributed by atoms with Gasteiger partial charge in [-0.05, 0) is 37.8 Å². The Morgan fingerprint density at radius 3 is 2.63 bits per heavy atom. The van der Waals surface area contributed by atoms with Crippen molar-refractivity contribution in [2.75, 3.05) is 13.1 Å². The molecule has 0 atom stereocenters. The largest absolute Gasteiger partial charge is 0.334 e. The summed E-state index contributed by atoms with van der Waals surface area (Å²) in [6.07, 6.45) is 0. The second-order valence-corrected chi connectivity index (χ2v) is 5.88. The van der Waals surface area contributed by atoms with E-state index in [2.05, 4.69) is 18.7 Å². The van der Waals surface area contributed by atoms with Gasteiger partial charge in [0.15, 0.2) is 0 Å². The van der Waals surface area contributed by atoms with Crippen LogP contribution in [0.3, 0.4) is 0 Å². The third kappa shape index (κ3) is 2.71. The highest BCUT2D eigenvalue weighted by molar-refractivity contribution is 7.21. The molecule has 0 radical (unpaired) electrons. The van der Waals surface area contributed by atoms with E-state index in [-0.39, 0.29) is 5.91 Å². The van der Waals surface area contributed by atoms with E-state index < -0.39 is 0 Å². The molecule has 3 heteroatoms. The Morgan fingerprint density at radius 2 is 2.05 bits per heavy atom. The average Bonchev–Trinajstić information content (AvgIpc) is 2.73. The molecule has 0 aliphatic carbocycles. The molecule has 1 amide bonds. The van der Waals surface area contributed by atoms with Crippen LogP contribution < -0.4 is 0 Å². The molecule has 2 nitrogen and oxygen atoms in total. The Morgan fingerprint density at radius 1 is 1.37 bits per heavy atom.